The van der Waals surface area contributed by atoms with Gasteiger partial charge >= 0.3 is 0 Å². The second kappa shape index (κ2) is 8.49. The molecule has 0 radical (unpaired) electrons. The van der Waals surface area contributed by atoms with Gasteiger partial charge in [-0.3, -0.25) is 4.79 Å². The molecule has 6 nitrogen and oxygen atoms in total. The lowest BCUT2D eigenvalue weighted by Crippen LogP contribution is -2.51. The second-order valence-corrected chi connectivity index (χ2v) is 7.23. The van der Waals surface area contributed by atoms with Crippen LogP contribution in [-0.2, 0) is 21.6 Å². The van der Waals surface area contributed by atoms with Gasteiger partial charge in [-0.05, 0) is 31.2 Å². The van der Waals surface area contributed by atoms with Gasteiger partial charge in [0.05, 0.1) is 11.3 Å². The number of methoxy groups -OCH3 is 1. The molecule has 1 saturated carbocycles. The average molecular weight is 360 g/mol. The molecule has 1 aromatic carbocycles. The van der Waals surface area contributed by atoms with E-state index in [4.69, 9.17) is 4.74 Å². The fraction of sp³-hybridized carbons (Fsp3) is 0.500. The fourth-order valence-electron chi connectivity index (χ4n) is 3.10. The summed E-state index contributed by atoms with van der Waals surface area (Å²) in [5, 5.41) is 12.1. The Morgan fingerprint density at radius 3 is 2.84 bits per heavy atom. The zero-order valence-corrected chi connectivity index (χ0v) is 15.3. The number of nitrogens with one attached hydrogen (secondary N) is 1. The summed E-state index contributed by atoms with van der Waals surface area (Å²) in [7, 11) is 1.69. The third-order valence-corrected chi connectivity index (χ3v) is 5.55. The number of ether oxygens (including phenoxy) is 1. The lowest BCUT2D eigenvalue weighted by atomic mass is 9.72. The van der Waals surface area contributed by atoms with E-state index in [9.17, 15) is 4.79 Å². The Bertz CT molecular complexity index is 685. The molecule has 1 heterocycles. The number of carbonyl (C=O) groups excluding carboxylic acids is 1. The first kappa shape index (κ1) is 17.9. The van der Waals surface area contributed by atoms with Crippen molar-refractivity contribution in [3.8, 4) is 0 Å². The van der Waals surface area contributed by atoms with Gasteiger partial charge in [-0.1, -0.05) is 42.1 Å². The van der Waals surface area contributed by atoms with Crippen LogP contribution >= 0.6 is 11.8 Å². The number of thioether (sulfide) groups is 1. The number of rotatable bonds is 9. The fourth-order valence-corrected chi connectivity index (χ4v) is 3.84. The minimum absolute atomic E-state index is 0.0417. The highest BCUT2D eigenvalue weighted by Crippen LogP contribution is 2.41. The molecule has 1 aliphatic carbocycles. The van der Waals surface area contributed by atoms with Gasteiger partial charge in [-0.25, -0.2) is 0 Å². The van der Waals surface area contributed by atoms with Crippen molar-refractivity contribution >= 4 is 17.7 Å². The minimum atomic E-state index is -0.189. The van der Waals surface area contributed by atoms with Gasteiger partial charge in [0.2, 0.25) is 5.91 Å². The van der Waals surface area contributed by atoms with Gasteiger partial charge in [0.1, 0.15) is 6.33 Å². The lowest BCUT2D eigenvalue weighted by Gasteiger charge is -2.43. The van der Waals surface area contributed by atoms with Crippen molar-refractivity contribution in [1.82, 2.24) is 20.1 Å². The van der Waals surface area contributed by atoms with E-state index in [0.717, 1.165) is 37.4 Å². The number of hydrogen-bond acceptors (Lipinski definition) is 5. The van der Waals surface area contributed by atoms with Crippen LogP contribution in [0.4, 0.5) is 0 Å². The van der Waals surface area contributed by atoms with E-state index in [1.807, 2.05) is 22.8 Å². The zero-order chi connectivity index (χ0) is 17.5. The topological polar surface area (TPSA) is 69.0 Å². The van der Waals surface area contributed by atoms with Crippen LogP contribution in [0.5, 0.6) is 0 Å². The maximum absolute atomic E-state index is 12.5. The number of carbonyl (C=O) groups is 1. The first-order chi connectivity index (χ1) is 12.2. The molecule has 1 fully saturated rings. The summed E-state index contributed by atoms with van der Waals surface area (Å²) in [4.78, 5) is 12.5. The Morgan fingerprint density at radius 1 is 1.36 bits per heavy atom. The van der Waals surface area contributed by atoms with Gasteiger partial charge < -0.3 is 14.6 Å². The predicted octanol–water partition coefficient (Wildman–Crippen LogP) is 2.60. The Morgan fingerprint density at radius 2 is 2.16 bits per heavy atom. The quantitative estimate of drug-likeness (QED) is 0.550. The summed E-state index contributed by atoms with van der Waals surface area (Å²) in [5.74, 6) is 0.386. The summed E-state index contributed by atoms with van der Waals surface area (Å²) in [6.07, 6.45) is 5.75. The zero-order valence-electron chi connectivity index (χ0n) is 14.5. The van der Waals surface area contributed by atoms with Crippen molar-refractivity contribution in [3.05, 3.63) is 42.2 Å². The summed E-state index contributed by atoms with van der Waals surface area (Å²) in [6.45, 7) is 1.49. The molecule has 0 aliphatic heterocycles. The van der Waals surface area contributed by atoms with Crippen LogP contribution in [0.25, 0.3) is 0 Å². The number of aromatic nitrogens is 3. The molecule has 0 spiro atoms. The third kappa shape index (κ3) is 4.41. The number of aryl methyl sites for hydroxylation is 1. The third-order valence-electron chi connectivity index (χ3n) is 4.57. The van der Waals surface area contributed by atoms with E-state index in [1.54, 1.807) is 13.4 Å². The first-order valence-electron chi connectivity index (χ1n) is 8.60. The minimum Gasteiger partial charge on any atom is -0.385 e. The molecular weight excluding hydrogens is 336 g/mol. The molecule has 1 N–H and O–H groups in total. The van der Waals surface area contributed by atoms with Crippen molar-refractivity contribution in [3.63, 3.8) is 0 Å². The molecular formula is C18H24N4O2S. The van der Waals surface area contributed by atoms with Crippen LogP contribution < -0.4 is 5.32 Å². The number of amides is 1. The van der Waals surface area contributed by atoms with Crippen molar-refractivity contribution in [2.45, 2.75) is 42.9 Å². The molecule has 7 heteroatoms. The molecule has 0 atom stereocenters. The van der Waals surface area contributed by atoms with Crippen molar-refractivity contribution in [1.29, 1.82) is 0 Å². The van der Waals surface area contributed by atoms with E-state index in [0.29, 0.717) is 12.4 Å². The average Bonchev–Trinajstić information content (AvgIpc) is 3.05. The van der Waals surface area contributed by atoms with Gasteiger partial charge in [0.25, 0.3) is 0 Å². The Kier molecular flexibility index (Phi) is 6.09. The highest BCUT2D eigenvalue weighted by Gasteiger charge is 2.39. The SMILES string of the molecule is COCCCn1cnnc1SCC(=O)NC1(c2ccccc2)CCC1. The molecule has 0 unspecified atom stereocenters. The highest BCUT2D eigenvalue weighted by molar-refractivity contribution is 7.99. The van der Waals surface area contributed by atoms with E-state index in [-0.39, 0.29) is 11.4 Å². The van der Waals surface area contributed by atoms with Gasteiger partial charge in [0.15, 0.2) is 5.16 Å². The molecule has 0 saturated heterocycles. The number of hydrogen-bond donors (Lipinski definition) is 1. The number of benzene rings is 1. The van der Waals surface area contributed by atoms with Crippen LogP contribution in [-0.4, -0.2) is 40.1 Å². The van der Waals surface area contributed by atoms with E-state index in [1.165, 1.54) is 17.3 Å². The monoisotopic (exact) mass is 360 g/mol. The normalized spacial score (nSPS) is 15.6. The largest absolute Gasteiger partial charge is 0.385 e. The smallest absolute Gasteiger partial charge is 0.231 e. The maximum atomic E-state index is 12.5. The Balaban J connectivity index is 1.54. The molecule has 1 aromatic heterocycles. The van der Waals surface area contributed by atoms with Gasteiger partial charge in [-0.15, -0.1) is 10.2 Å². The van der Waals surface area contributed by atoms with Crippen LogP contribution in [0.2, 0.25) is 0 Å². The summed E-state index contributed by atoms with van der Waals surface area (Å²) in [5.41, 5.74) is 1.01. The molecule has 2 aromatic rings. The molecule has 0 bridgehead atoms. The van der Waals surface area contributed by atoms with E-state index >= 15 is 0 Å². The summed E-state index contributed by atoms with van der Waals surface area (Å²) < 4.78 is 7.03. The molecule has 134 valence electrons. The summed E-state index contributed by atoms with van der Waals surface area (Å²) >= 11 is 1.43. The van der Waals surface area contributed by atoms with Crippen LogP contribution in [0.15, 0.2) is 41.8 Å². The van der Waals surface area contributed by atoms with Gasteiger partial charge in [-0.2, -0.15) is 0 Å². The highest BCUT2D eigenvalue weighted by atomic mass is 32.2. The van der Waals surface area contributed by atoms with Crippen LogP contribution in [0, 0.1) is 0 Å². The second-order valence-electron chi connectivity index (χ2n) is 6.29. The van der Waals surface area contributed by atoms with E-state index in [2.05, 4.69) is 27.6 Å². The Hall–Kier alpha value is -1.86. The number of nitrogens with zero attached hydrogens (tertiary/aromatic N) is 3. The molecule has 3 rings (SSSR count). The molecule has 25 heavy (non-hydrogen) atoms. The van der Waals surface area contributed by atoms with Crippen molar-refractivity contribution in [2.75, 3.05) is 19.5 Å². The molecule has 1 aliphatic rings. The van der Waals surface area contributed by atoms with E-state index < -0.39 is 0 Å². The molecule has 1 amide bonds. The predicted molar refractivity (Wildman–Crippen MR) is 97.4 cm³/mol. The first-order valence-corrected chi connectivity index (χ1v) is 9.58. The lowest BCUT2D eigenvalue weighted by molar-refractivity contribution is -0.121. The Labute approximate surface area is 152 Å². The van der Waals surface area contributed by atoms with Crippen LogP contribution in [0.1, 0.15) is 31.2 Å². The van der Waals surface area contributed by atoms with Crippen molar-refractivity contribution in [2.24, 2.45) is 0 Å². The van der Waals surface area contributed by atoms with Gasteiger partial charge in [0, 0.05) is 20.3 Å². The maximum Gasteiger partial charge on any atom is 0.231 e. The van der Waals surface area contributed by atoms with Crippen LogP contribution in [0.3, 0.4) is 0 Å². The van der Waals surface area contributed by atoms with Crippen molar-refractivity contribution < 1.29 is 9.53 Å². The summed E-state index contributed by atoms with van der Waals surface area (Å²) in [6, 6.07) is 10.2. The standard InChI is InChI=1S/C18H24N4O2S/c1-24-12-6-11-22-14-19-21-17(22)25-13-16(23)20-18(9-5-10-18)15-7-3-2-4-8-15/h2-4,7-8,14H,5-6,9-13H2,1H3,(H,20,23).